The first-order valence-corrected chi connectivity index (χ1v) is 8.92. The van der Waals surface area contributed by atoms with Crippen molar-refractivity contribution in [2.45, 2.75) is 13.3 Å². The Hall–Kier alpha value is -2.99. The number of hydrogen-bond donors (Lipinski definition) is 1. The minimum Gasteiger partial charge on any atom is -0.344 e. The summed E-state index contributed by atoms with van der Waals surface area (Å²) >= 11 is 5.87. The van der Waals surface area contributed by atoms with Crippen LogP contribution in [0.4, 0.5) is 11.6 Å². The molecule has 0 saturated carbocycles. The van der Waals surface area contributed by atoms with Crippen LogP contribution in [0.15, 0.2) is 54.9 Å². The highest BCUT2D eigenvalue weighted by Gasteiger charge is 2.13. The van der Waals surface area contributed by atoms with Gasteiger partial charge in [-0.2, -0.15) is 0 Å². The quantitative estimate of drug-likeness (QED) is 0.703. The number of aromatic nitrogens is 3. The Kier molecular flexibility index (Phi) is 5.98. The minimum atomic E-state index is -0.286. The van der Waals surface area contributed by atoms with Crippen LogP contribution in [-0.2, 0) is 6.42 Å². The van der Waals surface area contributed by atoms with Crippen molar-refractivity contribution in [1.29, 1.82) is 0 Å². The highest BCUT2D eigenvalue weighted by Crippen LogP contribution is 2.15. The van der Waals surface area contributed by atoms with Crippen molar-refractivity contribution in [2.24, 2.45) is 0 Å². The number of carbonyl (C=O) groups is 1. The third-order valence-corrected chi connectivity index (χ3v) is 4.26. The van der Waals surface area contributed by atoms with E-state index >= 15 is 0 Å². The topological polar surface area (TPSA) is 71.0 Å². The summed E-state index contributed by atoms with van der Waals surface area (Å²) in [7, 11) is 1.91. The highest BCUT2D eigenvalue weighted by atomic mass is 35.5. The van der Waals surface area contributed by atoms with Gasteiger partial charge in [0.1, 0.15) is 5.69 Å². The second-order valence-electron chi connectivity index (χ2n) is 6.18. The molecular formula is C20H20ClN5O. The van der Waals surface area contributed by atoms with E-state index in [0.29, 0.717) is 22.4 Å². The average molecular weight is 382 g/mol. The lowest BCUT2D eigenvalue weighted by Gasteiger charge is -2.18. The summed E-state index contributed by atoms with van der Waals surface area (Å²) in [5.41, 5.74) is 2.90. The summed E-state index contributed by atoms with van der Waals surface area (Å²) in [6, 6.07) is 12.6. The van der Waals surface area contributed by atoms with Gasteiger partial charge in [-0.05, 0) is 61.4 Å². The van der Waals surface area contributed by atoms with E-state index in [1.54, 1.807) is 42.7 Å². The summed E-state index contributed by atoms with van der Waals surface area (Å²) in [6.45, 7) is 2.58. The fourth-order valence-electron chi connectivity index (χ4n) is 2.51. The summed E-state index contributed by atoms with van der Waals surface area (Å²) in [4.78, 5) is 27.4. The molecule has 138 valence electrons. The van der Waals surface area contributed by atoms with E-state index in [0.717, 1.165) is 18.7 Å². The summed E-state index contributed by atoms with van der Waals surface area (Å²) in [5, 5.41) is 3.44. The molecule has 0 unspecified atom stereocenters. The van der Waals surface area contributed by atoms with E-state index in [-0.39, 0.29) is 5.91 Å². The Labute approximate surface area is 163 Å². The van der Waals surface area contributed by atoms with E-state index in [4.69, 9.17) is 11.6 Å². The maximum absolute atomic E-state index is 12.5. The molecule has 0 bridgehead atoms. The monoisotopic (exact) mass is 381 g/mol. The molecule has 3 aromatic rings. The Morgan fingerprint density at radius 2 is 1.81 bits per heavy atom. The van der Waals surface area contributed by atoms with Crippen LogP contribution in [0.5, 0.6) is 0 Å². The molecule has 2 aromatic heterocycles. The van der Waals surface area contributed by atoms with Crippen LogP contribution in [0.3, 0.4) is 0 Å². The molecule has 0 spiro atoms. The zero-order valence-corrected chi connectivity index (χ0v) is 15.9. The molecule has 6 nitrogen and oxygen atoms in total. The van der Waals surface area contributed by atoms with Gasteiger partial charge in [0.15, 0.2) is 0 Å². The first-order valence-electron chi connectivity index (χ1n) is 8.54. The Balaban J connectivity index is 1.71. The maximum Gasteiger partial charge on any atom is 0.274 e. The van der Waals surface area contributed by atoms with Crippen molar-refractivity contribution in [2.75, 3.05) is 23.8 Å². The molecule has 0 atom stereocenters. The van der Waals surface area contributed by atoms with Crippen LogP contribution in [0.25, 0.3) is 0 Å². The summed E-state index contributed by atoms with van der Waals surface area (Å²) in [6.07, 6.45) is 4.39. The number of rotatable bonds is 6. The molecule has 1 amide bonds. The van der Waals surface area contributed by atoms with Gasteiger partial charge in [0.25, 0.3) is 5.91 Å². The predicted molar refractivity (Wildman–Crippen MR) is 107 cm³/mol. The molecule has 0 fully saturated rings. The van der Waals surface area contributed by atoms with Crippen molar-refractivity contribution >= 4 is 29.1 Å². The number of halogens is 1. The first kappa shape index (κ1) is 18.8. The number of aryl methyl sites for hydroxylation is 1. The van der Waals surface area contributed by atoms with Gasteiger partial charge in [-0.25, -0.2) is 9.97 Å². The number of anilines is 2. The lowest BCUT2D eigenvalue weighted by atomic mass is 10.2. The Morgan fingerprint density at radius 1 is 1.11 bits per heavy atom. The van der Waals surface area contributed by atoms with Crippen molar-refractivity contribution in [3.8, 4) is 0 Å². The molecule has 27 heavy (non-hydrogen) atoms. The van der Waals surface area contributed by atoms with Crippen molar-refractivity contribution in [3.63, 3.8) is 0 Å². The van der Waals surface area contributed by atoms with Crippen LogP contribution in [0.1, 0.15) is 21.7 Å². The van der Waals surface area contributed by atoms with Gasteiger partial charge in [0, 0.05) is 42.4 Å². The van der Waals surface area contributed by atoms with E-state index in [1.165, 1.54) is 5.56 Å². The van der Waals surface area contributed by atoms with Gasteiger partial charge < -0.3 is 10.2 Å². The van der Waals surface area contributed by atoms with Gasteiger partial charge in [0.2, 0.25) is 5.95 Å². The third kappa shape index (κ3) is 5.24. The number of carbonyl (C=O) groups excluding carboxylic acids is 1. The molecule has 3 rings (SSSR count). The number of hydrogen-bond acceptors (Lipinski definition) is 5. The number of benzene rings is 1. The van der Waals surface area contributed by atoms with Crippen molar-refractivity contribution in [3.05, 3.63) is 76.8 Å². The normalized spacial score (nSPS) is 10.5. The summed E-state index contributed by atoms with van der Waals surface area (Å²) < 4.78 is 0. The third-order valence-electron chi connectivity index (χ3n) is 4.00. The zero-order chi connectivity index (χ0) is 19.2. The zero-order valence-electron chi connectivity index (χ0n) is 15.2. The van der Waals surface area contributed by atoms with Crippen LogP contribution in [0.2, 0.25) is 5.02 Å². The van der Waals surface area contributed by atoms with Crippen molar-refractivity contribution in [1.82, 2.24) is 15.0 Å². The lowest BCUT2D eigenvalue weighted by Crippen LogP contribution is -2.24. The first-order chi connectivity index (χ1) is 13.0. The molecule has 0 radical (unpaired) electrons. The van der Waals surface area contributed by atoms with Gasteiger partial charge in [0.05, 0.1) is 0 Å². The standard InChI is InChI=1S/C20H20ClN5O/c1-14-13-18(19(27)24-17-5-3-16(21)4-6-17)25-20(23-14)26(2)12-9-15-7-10-22-11-8-15/h3-8,10-11,13H,9,12H2,1-2H3,(H,24,27). The van der Waals surface area contributed by atoms with E-state index in [1.807, 2.05) is 31.0 Å². The van der Waals surface area contributed by atoms with Crippen LogP contribution in [-0.4, -0.2) is 34.5 Å². The second-order valence-corrected chi connectivity index (χ2v) is 6.62. The number of nitrogens with one attached hydrogen (secondary N) is 1. The van der Waals surface area contributed by atoms with Crippen molar-refractivity contribution < 1.29 is 4.79 Å². The SMILES string of the molecule is Cc1cc(C(=O)Nc2ccc(Cl)cc2)nc(N(C)CCc2ccncc2)n1. The minimum absolute atomic E-state index is 0.286. The number of nitrogens with zero attached hydrogens (tertiary/aromatic N) is 4. The van der Waals surface area contributed by atoms with E-state index < -0.39 is 0 Å². The molecule has 0 saturated heterocycles. The molecule has 0 aliphatic heterocycles. The molecule has 7 heteroatoms. The van der Waals surface area contributed by atoms with Gasteiger partial charge in [-0.1, -0.05) is 11.6 Å². The molecule has 0 aliphatic rings. The number of likely N-dealkylation sites (N-methyl/N-ethyl adjacent to an activating group) is 1. The fourth-order valence-corrected chi connectivity index (χ4v) is 2.64. The average Bonchev–Trinajstić information content (AvgIpc) is 2.68. The molecule has 1 N–H and O–H groups in total. The number of amides is 1. The maximum atomic E-state index is 12.5. The molecule has 2 heterocycles. The lowest BCUT2D eigenvalue weighted by molar-refractivity contribution is 0.102. The fraction of sp³-hybridized carbons (Fsp3) is 0.200. The smallest absolute Gasteiger partial charge is 0.274 e. The molecular weight excluding hydrogens is 362 g/mol. The Bertz CT molecular complexity index is 915. The van der Waals surface area contributed by atoms with E-state index in [9.17, 15) is 4.79 Å². The molecule has 0 aliphatic carbocycles. The second kappa shape index (κ2) is 8.60. The van der Waals surface area contributed by atoms with E-state index in [2.05, 4.69) is 20.3 Å². The van der Waals surface area contributed by atoms with Gasteiger partial charge in [-0.15, -0.1) is 0 Å². The number of pyridine rings is 1. The molecule has 1 aromatic carbocycles. The highest BCUT2D eigenvalue weighted by molar-refractivity contribution is 6.30. The summed E-state index contributed by atoms with van der Waals surface area (Å²) in [5.74, 6) is 0.233. The van der Waals surface area contributed by atoms with Crippen LogP contribution in [0, 0.1) is 6.92 Å². The Morgan fingerprint density at radius 3 is 2.52 bits per heavy atom. The van der Waals surface area contributed by atoms with Crippen LogP contribution >= 0.6 is 11.6 Å². The largest absolute Gasteiger partial charge is 0.344 e. The van der Waals surface area contributed by atoms with Crippen LogP contribution < -0.4 is 10.2 Å². The van der Waals surface area contributed by atoms with Gasteiger partial charge in [-0.3, -0.25) is 9.78 Å². The van der Waals surface area contributed by atoms with Gasteiger partial charge >= 0.3 is 0 Å². The predicted octanol–water partition coefficient (Wildman–Crippen LogP) is 3.76.